The Morgan fingerprint density at radius 1 is 1.03 bits per heavy atom. The van der Waals surface area contributed by atoms with E-state index in [2.05, 4.69) is 10.0 Å². The Hall–Kier alpha value is -2.43. The number of halogens is 3. The maximum atomic E-state index is 12.7. The zero-order chi connectivity index (χ0) is 22.4. The van der Waals surface area contributed by atoms with E-state index < -0.39 is 33.7 Å². The fourth-order valence-electron chi connectivity index (χ4n) is 2.68. The minimum atomic E-state index is -4.57. The summed E-state index contributed by atoms with van der Waals surface area (Å²) >= 11 is 0. The molecule has 0 spiro atoms. The van der Waals surface area contributed by atoms with Crippen LogP contribution < -0.4 is 15.8 Å². The predicted molar refractivity (Wildman–Crippen MR) is 108 cm³/mol. The molecule has 1 amide bonds. The maximum absolute atomic E-state index is 12.7. The van der Waals surface area contributed by atoms with Gasteiger partial charge >= 0.3 is 6.18 Å². The summed E-state index contributed by atoms with van der Waals surface area (Å²) in [4.78, 5) is 12.3. The highest BCUT2D eigenvalue weighted by molar-refractivity contribution is 7.89. The third kappa shape index (κ3) is 6.82. The molecule has 6 nitrogen and oxygen atoms in total. The van der Waals surface area contributed by atoms with Gasteiger partial charge in [-0.05, 0) is 62.7 Å². The predicted octanol–water partition coefficient (Wildman–Crippen LogP) is 3.43. The van der Waals surface area contributed by atoms with Crippen molar-refractivity contribution in [2.75, 3.05) is 11.9 Å². The number of unbranched alkanes of at least 4 members (excludes halogenated alkanes) is 1. The number of alkyl halides is 3. The van der Waals surface area contributed by atoms with Crippen LogP contribution in [0.15, 0.2) is 53.4 Å². The van der Waals surface area contributed by atoms with Gasteiger partial charge in [-0.3, -0.25) is 4.79 Å². The van der Waals surface area contributed by atoms with Crippen molar-refractivity contribution >= 4 is 21.6 Å². The van der Waals surface area contributed by atoms with Crippen LogP contribution in [0.25, 0.3) is 0 Å². The standard InChI is InChI=1S/C20H24F3N3O3S/c1-14-5-9-16(10-6-14)25-19(27)18(4-2-3-13-24)26-30(28,29)17-11-7-15(8-12-17)20(21,22)23/h5-12,18,26H,2-4,13,24H2,1H3,(H,25,27)/t18-/m0/s1. The third-order valence-corrected chi connectivity index (χ3v) is 5.86. The molecule has 0 heterocycles. The van der Waals surface area contributed by atoms with Crippen molar-refractivity contribution in [3.63, 3.8) is 0 Å². The van der Waals surface area contributed by atoms with Crippen LogP contribution in [-0.2, 0) is 21.0 Å². The molecule has 164 valence electrons. The lowest BCUT2D eigenvalue weighted by molar-refractivity contribution is -0.137. The molecule has 0 radical (unpaired) electrons. The highest BCUT2D eigenvalue weighted by Crippen LogP contribution is 2.29. The minimum absolute atomic E-state index is 0.189. The van der Waals surface area contributed by atoms with Gasteiger partial charge in [-0.1, -0.05) is 24.1 Å². The molecule has 30 heavy (non-hydrogen) atoms. The van der Waals surface area contributed by atoms with Gasteiger partial charge in [0, 0.05) is 5.69 Å². The molecule has 2 aromatic rings. The Labute approximate surface area is 173 Å². The van der Waals surface area contributed by atoms with Gasteiger partial charge in [-0.25, -0.2) is 8.42 Å². The first-order valence-corrected chi connectivity index (χ1v) is 10.8. The van der Waals surface area contributed by atoms with E-state index in [1.807, 2.05) is 6.92 Å². The highest BCUT2D eigenvalue weighted by atomic mass is 32.2. The van der Waals surface area contributed by atoms with Crippen LogP contribution in [0.1, 0.15) is 30.4 Å². The summed E-state index contributed by atoms with van der Waals surface area (Å²) in [6, 6.07) is 8.96. The SMILES string of the molecule is Cc1ccc(NC(=O)[C@H](CCCCN)NS(=O)(=O)c2ccc(C(F)(F)F)cc2)cc1. The zero-order valence-electron chi connectivity index (χ0n) is 16.4. The Morgan fingerprint density at radius 2 is 1.63 bits per heavy atom. The fourth-order valence-corrected chi connectivity index (χ4v) is 3.91. The number of benzene rings is 2. The van der Waals surface area contributed by atoms with Crippen molar-refractivity contribution in [3.05, 3.63) is 59.7 Å². The van der Waals surface area contributed by atoms with Gasteiger partial charge in [-0.15, -0.1) is 0 Å². The molecule has 0 fully saturated rings. The monoisotopic (exact) mass is 443 g/mol. The number of amides is 1. The molecule has 0 aliphatic carbocycles. The quantitative estimate of drug-likeness (QED) is 0.517. The summed E-state index contributed by atoms with van der Waals surface area (Å²) in [6.07, 6.45) is -3.29. The lowest BCUT2D eigenvalue weighted by Crippen LogP contribution is -2.43. The average molecular weight is 443 g/mol. The van der Waals surface area contributed by atoms with Crippen LogP contribution in [0.3, 0.4) is 0 Å². The number of nitrogens with two attached hydrogens (primary N) is 1. The first-order valence-electron chi connectivity index (χ1n) is 9.30. The summed E-state index contributed by atoms with van der Waals surface area (Å²) < 4.78 is 65.7. The number of sulfonamides is 1. The second kappa shape index (κ2) is 10.1. The van der Waals surface area contributed by atoms with Gasteiger partial charge in [0.1, 0.15) is 6.04 Å². The van der Waals surface area contributed by atoms with Crippen LogP contribution in [0.2, 0.25) is 0 Å². The molecule has 0 unspecified atom stereocenters. The minimum Gasteiger partial charge on any atom is -0.330 e. The smallest absolute Gasteiger partial charge is 0.330 e. The maximum Gasteiger partial charge on any atom is 0.416 e. The topological polar surface area (TPSA) is 101 Å². The van der Waals surface area contributed by atoms with E-state index in [4.69, 9.17) is 5.73 Å². The Bertz CT molecular complexity index is 944. The van der Waals surface area contributed by atoms with Crippen molar-refractivity contribution in [2.45, 2.75) is 43.3 Å². The summed E-state index contributed by atoms with van der Waals surface area (Å²) in [6.45, 7) is 2.28. The van der Waals surface area contributed by atoms with Crippen molar-refractivity contribution in [1.82, 2.24) is 4.72 Å². The first-order chi connectivity index (χ1) is 14.0. The van der Waals surface area contributed by atoms with Gasteiger partial charge in [0.25, 0.3) is 0 Å². The molecule has 2 rings (SSSR count). The Balaban J connectivity index is 2.18. The average Bonchev–Trinajstić information content (AvgIpc) is 2.68. The van der Waals surface area contributed by atoms with Crippen LogP contribution >= 0.6 is 0 Å². The number of carbonyl (C=O) groups is 1. The third-order valence-electron chi connectivity index (χ3n) is 4.37. The molecule has 0 aliphatic rings. The Kier molecular flexibility index (Phi) is 7.99. The number of carbonyl (C=O) groups excluding carboxylic acids is 1. The molecule has 4 N–H and O–H groups in total. The van der Waals surface area contributed by atoms with Gasteiger partial charge in [0.15, 0.2) is 0 Å². The van der Waals surface area contributed by atoms with E-state index in [0.29, 0.717) is 37.2 Å². The van der Waals surface area contributed by atoms with Crippen molar-refractivity contribution in [2.24, 2.45) is 5.73 Å². The second-order valence-electron chi connectivity index (χ2n) is 6.84. The number of hydrogen-bond acceptors (Lipinski definition) is 4. The van der Waals surface area contributed by atoms with Crippen molar-refractivity contribution in [3.8, 4) is 0 Å². The zero-order valence-corrected chi connectivity index (χ0v) is 17.2. The van der Waals surface area contributed by atoms with E-state index in [9.17, 15) is 26.4 Å². The molecule has 0 aliphatic heterocycles. The second-order valence-corrected chi connectivity index (χ2v) is 8.55. The van der Waals surface area contributed by atoms with E-state index in [1.165, 1.54) is 0 Å². The van der Waals surface area contributed by atoms with Gasteiger partial charge < -0.3 is 11.1 Å². The van der Waals surface area contributed by atoms with Crippen molar-refractivity contribution < 1.29 is 26.4 Å². The molecular weight excluding hydrogens is 419 g/mol. The summed E-state index contributed by atoms with van der Waals surface area (Å²) in [5, 5.41) is 2.65. The lowest BCUT2D eigenvalue weighted by Gasteiger charge is -2.19. The molecule has 0 aromatic heterocycles. The number of nitrogens with one attached hydrogen (secondary N) is 2. The number of hydrogen-bond donors (Lipinski definition) is 3. The lowest BCUT2D eigenvalue weighted by atomic mass is 10.1. The molecule has 2 aromatic carbocycles. The molecular formula is C20H24F3N3O3S. The van der Waals surface area contributed by atoms with Crippen molar-refractivity contribution in [1.29, 1.82) is 0 Å². The molecule has 10 heteroatoms. The van der Waals surface area contributed by atoms with Gasteiger partial charge in [0.05, 0.1) is 10.5 Å². The molecule has 0 bridgehead atoms. The molecule has 1 atom stereocenters. The summed E-state index contributed by atoms with van der Waals surface area (Å²) in [5.74, 6) is -0.564. The van der Waals surface area contributed by atoms with E-state index in [-0.39, 0.29) is 11.3 Å². The number of anilines is 1. The van der Waals surface area contributed by atoms with Crippen LogP contribution in [0, 0.1) is 6.92 Å². The molecule has 0 saturated heterocycles. The van der Waals surface area contributed by atoms with Crippen LogP contribution in [-0.4, -0.2) is 26.9 Å². The fraction of sp³-hybridized carbons (Fsp3) is 0.350. The first kappa shape index (κ1) is 23.8. The van der Waals surface area contributed by atoms with E-state index >= 15 is 0 Å². The van der Waals surface area contributed by atoms with Gasteiger partial charge in [-0.2, -0.15) is 17.9 Å². The van der Waals surface area contributed by atoms with E-state index in [1.54, 1.807) is 24.3 Å². The molecule has 0 saturated carbocycles. The van der Waals surface area contributed by atoms with Gasteiger partial charge in [0.2, 0.25) is 15.9 Å². The van der Waals surface area contributed by atoms with Crippen LogP contribution in [0.5, 0.6) is 0 Å². The normalized spacial score (nSPS) is 13.1. The van der Waals surface area contributed by atoms with E-state index in [0.717, 1.165) is 17.7 Å². The highest BCUT2D eigenvalue weighted by Gasteiger charge is 2.31. The Morgan fingerprint density at radius 3 is 2.17 bits per heavy atom. The number of aryl methyl sites for hydroxylation is 1. The number of rotatable bonds is 9. The largest absolute Gasteiger partial charge is 0.416 e. The summed E-state index contributed by atoms with van der Waals surface area (Å²) in [7, 11) is -4.21. The van der Waals surface area contributed by atoms with Crippen LogP contribution in [0.4, 0.5) is 18.9 Å². The summed E-state index contributed by atoms with van der Waals surface area (Å²) in [5.41, 5.74) is 6.00.